The number of ether oxygens (including phenoxy) is 1. The minimum atomic E-state index is -4.58. The molecule has 20 heavy (non-hydrogen) atoms. The molecule has 0 aliphatic rings. The Kier molecular flexibility index (Phi) is 3.41. The van der Waals surface area contributed by atoms with Crippen LogP contribution in [0.3, 0.4) is 0 Å². The maximum absolute atomic E-state index is 13.1. The third kappa shape index (κ3) is 2.11. The van der Waals surface area contributed by atoms with Gasteiger partial charge in [0.05, 0.1) is 18.1 Å². The average molecular weight is 287 g/mol. The molecule has 110 valence electrons. The molecule has 1 aromatic carbocycles. The Bertz CT molecular complexity index is 632. The van der Waals surface area contributed by atoms with Crippen molar-refractivity contribution in [2.24, 2.45) is 5.73 Å². The van der Waals surface area contributed by atoms with Gasteiger partial charge >= 0.3 is 6.18 Å². The average Bonchev–Trinajstić information content (AvgIpc) is 2.75. The molecule has 4 nitrogen and oxygen atoms in total. The minimum absolute atomic E-state index is 0.198. The zero-order valence-electron chi connectivity index (χ0n) is 11.5. The number of fused-ring (bicyclic) bond motifs is 1. The molecule has 1 heterocycles. The number of benzene rings is 1. The second-order valence-electron chi connectivity index (χ2n) is 4.73. The second-order valence-corrected chi connectivity index (χ2v) is 4.73. The molecular formula is C13H16F3N3O. The first-order valence-corrected chi connectivity index (χ1v) is 6.12. The number of nitrogens with two attached hydrogens (primary N) is 1. The van der Waals surface area contributed by atoms with Gasteiger partial charge < -0.3 is 15.0 Å². The Hall–Kier alpha value is -1.76. The summed E-state index contributed by atoms with van der Waals surface area (Å²) in [7, 11) is 1.49. The molecule has 2 N–H and O–H groups in total. The second kappa shape index (κ2) is 4.66. The molecule has 0 spiro atoms. The maximum atomic E-state index is 13.1. The van der Waals surface area contributed by atoms with Crippen LogP contribution in [-0.2, 0) is 12.1 Å². The largest absolute Gasteiger partial charge is 0.497 e. The van der Waals surface area contributed by atoms with Crippen LogP contribution in [0.15, 0.2) is 18.2 Å². The summed E-state index contributed by atoms with van der Waals surface area (Å²) in [5.74, 6) is 0.339. The fourth-order valence-corrected chi connectivity index (χ4v) is 2.08. The molecule has 0 bridgehead atoms. The molecule has 1 unspecified atom stereocenters. The van der Waals surface area contributed by atoms with E-state index in [1.807, 2.05) is 0 Å². The van der Waals surface area contributed by atoms with Crippen molar-refractivity contribution >= 4 is 11.0 Å². The molecule has 7 heteroatoms. The summed E-state index contributed by atoms with van der Waals surface area (Å²) >= 11 is 0. The lowest BCUT2D eigenvalue weighted by Crippen LogP contribution is -2.49. The highest BCUT2D eigenvalue weighted by molar-refractivity contribution is 5.78. The third-order valence-electron chi connectivity index (χ3n) is 3.33. The van der Waals surface area contributed by atoms with E-state index in [-0.39, 0.29) is 5.82 Å². The van der Waals surface area contributed by atoms with Gasteiger partial charge in [-0.15, -0.1) is 0 Å². The Morgan fingerprint density at radius 1 is 1.35 bits per heavy atom. The van der Waals surface area contributed by atoms with Crippen molar-refractivity contribution in [2.75, 3.05) is 7.11 Å². The molecular weight excluding hydrogens is 271 g/mol. The van der Waals surface area contributed by atoms with E-state index in [1.54, 1.807) is 25.1 Å². The molecule has 0 radical (unpaired) electrons. The van der Waals surface area contributed by atoms with Gasteiger partial charge in [0.15, 0.2) is 5.54 Å². The highest BCUT2D eigenvalue weighted by Crippen LogP contribution is 2.37. The van der Waals surface area contributed by atoms with Crippen molar-refractivity contribution in [1.82, 2.24) is 9.55 Å². The van der Waals surface area contributed by atoms with Crippen LogP contribution in [0.2, 0.25) is 0 Å². The number of hydrogen-bond acceptors (Lipinski definition) is 3. The fraction of sp³-hybridized carbons (Fsp3) is 0.462. The van der Waals surface area contributed by atoms with Crippen LogP contribution in [0.5, 0.6) is 5.75 Å². The molecule has 0 aliphatic heterocycles. The van der Waals surface area contributed by atoms with E-state index < -0.39 is 11.7 Å². The lowest BCUT2D eigenvalue weighted by Gasteiger charge is -2.27. The summed E-state index contributed by atoms with van der Waals surface area (Å²) in [4.78, 5) is 4.07. The smallest absolute Gasteiger partial charge is 0.413 e. The van der Waals surface area contributed by atoms with E-state index in [9.17, 15) is 13.2 Å². The van der Waals surface area contributed by atoms with E-state index >= 15 is 0 Å². The number of imidazole rings is 1. The minimum Gasteiger partial charge on any atom is -0.497 e. The van der Waals surface area contributed by atoms with Gasteiger partial charge in [-0.1, -0.05) is 0 Å². The Labute approximate surface area is 114 Å². The van der Waals surface area contributed by atoms with Crippen LogP contribution in [0.1, 0.15) is 19.7 Å². The Morgan fingerprint density at radius 3 is 2.50 bits per heavy atom. The van der Waals surface area contributed by atoms with Gasteiger partial charge in [-0.05, 0) is 26.0 Å². The van der Waals surface area contributed by atoms with Crippen LogP contribution in [0.25, 0.3) is 11.0 Å². The topological polar surface area (TPSA) is 53.1 Å². The predicted octanol–water partition coefficient (Wildman–Crippen LogP) is 2.80. The van der Waals surface area contributed by atoms with E-state index in [0.29, 0.717) is 23.3 Å². The molecule has 1 atom stereocenters. The lowest BCUT2D eigenvalue weighted by molar-refractivity contribution is -0.186. The molecule has 2 aromatic rings. The summed E-state index contributed by atoms with van der Waals surface area (Å²) in [5, 5.41) is 0. The molecule has 0 amide bonds. The van der Waals surface area contributed by atoms with Crippen molar-refractivity contribution in [1.29, 1.82) is 0 Å². The summed E-state index contributed by atoms with van der Waals surface area (Å²) in [6, 6.07) is 4.96. The van der Waals surface area contributed by atoms with Gasteiger partial charge in [-0.3, -0.25) is 0 Å². The number of halogens is 3. The van der Waals surface area contributed by atoms with Crippen LogP contribution in [0, 0.1) is 0 Å². The van der Waals surface area contributed by atoms with Crippen LogP contribution in [0.4, 0.5) is 13.2 Å². The van der Waals surface area contributed by atoms with E-state index in [0.717, 1.165) is 6.92 Å². The number of aromatic nitrogens is 2. The van der Waals surface area contributed by atoms with E-state index in [2.05, 4.69) is 4.98 Å². The normalized spacial score (nSPS) is 15.3. The van der Waals surface area contributed by atoms with Crippen LogP contribution < -0.4 is 10.5 Å². The van der Waals surface area contributed by atoms with Gasteiger partial charge in [-0.25, -0.2) is 4.98 Å². The summed E-state index contributed by atoms with van der Waals surface area (Å²) in [6.45, 7) is 3.03. The Balaban J connectivity index is 2.71. The zero-order valence-corrected chi connectivity index (χ0v) is 11.5. The van der Waals surface area contributed by atoms with Gasteiger partial charge in [0.1, 0.15) is 11.6 Å². The monoisotopic (exact) mass is 287 g/mol. The van der Waals surface area contributed by atoms with Crippen molar-refractivity contribution in [3.8, 4) is 5.75 Å². The zero-order chi connectivity index (χ0) is 15.1. The quantitative estimate of drug-likeness (QED) is 0.944. The first kappa shape index (κ1) is 14.6. The number of rotatable bonds is 3. The van der Waals surface area contributed by atoms with Gasteiger partial charge in [0.2, 0.25) is 0 Å². The van der Waals surface area contributed by atoms with E-state index in [1.165, 1.54) is 11.7 Å². The van der Waals surface area contributed by atoms with E-state index in [4.69, 9.17) is 10.5 Å². The number of alkyl halides is 3. The SMILES string of the molecule is CCn1c(C(C)(N)C(F)(F)F)nc2cc(OC)ccc21. The van der Waals surface area contributed by atoms with Crippen LogP contribution >= 0.6 is 0 Å². The predicted molar refractivity (Wildman–Crippen MR) is 69.6 cm³/mol. The molecule has 0 fully saturated rings. The summed E-state index contributed by atoms with van der Waals surface area (Å²) < 4.78 is 45.8. The fourth-order valence-electron chi connectivity index (χ4n) is 2.08. The number of hydrogen-bond donors (Lipinski definition) is 1. The number of nitrogens with zero attached hydrogens (tertiary/aromatic N) is 2. The van der Waals surface area contributed by atoms with Crippen molar-refractivity contribution < 1.29 is 17.9 Å². The lowest BCUT2D eigenvalue weighted by atomic mass is 10.0. The van der Waals surface area contributed by atoms with Gasteiger partial charge in [0, 0.05) is 12.6 Å². The number of aryl methyl sites for hydroxylation is 1. The highest BCUT2D eigenvalue weighted by atomic mass is 19.4. The first-order valence-electron chi connectivity index (χ1n) is 6.12. The van der Waals surface area contributed by atoms with Gasteiger partial charge in [0.25, 0.3) is 0 Å². The number of methoxy groups -OCH3 is 1. The van der Waals surface area contributed by atoms with Crippen LogP contribution in [-0.4, -0.2) is 22.8 Å². The van der Waals surface area contributed by atoms with Crippen molar-refractivity contribution in [3.05, 3.63) is 24.0 Å². The van der Waals surface area contributed by atoms with Gasteiger partial charge in [-0.2, -0.15) is 13.2 Å². The van der Waals surface area contributed by atoms with Crippen molar-refractivity contribution in [2.45, 2.75) is 32.1 Å². The molecule has 0 saturated carbocycles. The highest BCUT2D eigenvalue weighted by Gasteiger charge is 2.52. The first-order chi connectivity index (χ1) is 9.22. The third-order valence-corrected chi connectivity index (χ3v) is 3.33. The standard InChI is InChI=1S/C13H16F3N3O/c1-4-19-10-6-5-8(20-3)7-9(10)18-11(19)12(2,17)13(14,15)16/h5-7H,4,17H2,1-3H3. The summed E-state index contributed by atoms with van der Waals surface area (Å²) in [6.07, 6.45) is -4.58. The Morgan fingerprint density at radius 2 is 2.00 bits per heavy atom. The molecule has 0 aliphatic carbocycles. The summed E-state index contributed by atoms with van der Waals surface area (Å²) in [5.41, 5.74) is 4.02. The molecule has 0 saturated heterocycles. The van der Waals surface area contributed by atoms with Crippen molar-refractivity contribution in [3.63, 3.8) is 0 Å². The molecule has 2 rings (SSSR count). The molecule has 1 aromatic heterocycles. The maximum Gasteiger partial charge on any atom is 0.413 e.